The van der Waals surface area contributed by atoms with E-state index in [2.05, 4.69) is 0 Å². The molecule has 0 rings (SSSR count). The van der Waals surface area contributed by atoms with Gasteiger partial charge in [0.05, 0.1) is 12.4 Å². The van der Waals surface area contributed by atoms with E-state index in [9.17, 15) is 0 Å². The van der Waals surface area contributed by atoms with Gasteiger partial charge in [0.25, 0.3) is 0 Å². The molecule has 108 valence electrons. The fourth-order valence-electron chi connectivity index (χ4n) is 1.61. The average molecular weight is 276 g/mol. The highest BCUT2D eigenvalue weighted by Gasteiger charge is 2.39. The molecule has 0 aliphatic rings. The maximum atomic E-state index is 5.77. The van der Waals surface area contributed by atoms with Crippen molar-refractivity contribution in [1.29, 1.82) is 0 Å². The summed E-state index contributed by atoms with van der Waals surface area (Å²) in [6, 6.07) is 0.805. The molecule has 4 nitrogen and oxygen atoms in total. The second-order valence-corrected chi connectivity index (χ2v) is 6.57. The third-order valence-corrected chi connectivity index (χ3v) is 5.61. The first-order valence-corrected chi connectivity index (χ1v) is 8.74. The first-order valence-electron chi connectivity index (χ1n) is 6.81. The van der Waals surface area contributed by atoms with Crippen LogP contribution in [0.5, 0.6) is 0 Å². The third-order valence-electron chi connectivity index (χ3n) is 2.46. The second-order valence-electron chi connectivity index (χ2n) is 3.83. The Morgan fingerprint density at radius 2 is 1.50 bits per heavy atom. The van der Waals surface area contributed by atoms with E-state index in [1.165, 1.54) is 0 Å². The fourth-order valence-corrected chi connectivity index (χ4v) is 4.19. The van der Waals surface area contributed by atoms with Crippen molar-refractivity contribution in [2.45, 2.75) is 47.1 Å². The van der Waals surface area contributed by atoms with Gasteiger partial charge >= 0.3 is 8.80 Å². The van der Waals surface area contributed by atoms with Gasteiger partial charge in [0.2, 0.25) is 0 Å². The Morgan fingerprint density at radius 1 is 1.00 bits per heavy atom. The predicted molar refractivity (Wildman–Crippen MR) is 75.4 cm³/mol. The van der Waals surface area contributed by atoms with E-state index in [4.69, 9.17) is 18.0 Å². The first-order chi connectivity index (χ1) is 8.64. The van der Waals surface area contributed by atoms with Gasteiger partial charge in [-0.15, -0.1) is 0 Å². The van der Waals surface area contributed by atoms with Gasteiger partial charge in [-0.1, -0.05) is 6.08 Å². The largest absolute Gasteiger partial charge is 0.501 e. The molecule has 0 spiro atoms. The molecule has 0 atom stereocenters. The molecular weight excluding hydrogens is 248 g/mol. The van der Waals surface area contributed by atoms with Crippen LogP contribution in [0, 0.1) is 0 Å². The Labute approximate surface area is 113 Å². The van der Waals surface area contributed by atoms with Crippen LogP contribution in [0.1, 0.15) is 41.0 Å². The first kappa shape index (κ1) is 17.6. The Hall–Kier alpha value is -0.363. The van der Waals surface area contributed by atoms with Gasteiger partial charge in [-0.25, -0.2) is 0 Å². The van der Waals surface area contributed by atoms with Crippen molar-refractivity contribution in [2.75, 3.05) is 26.4 Å². The summed E-state index contributed by atoms with van der Waals surface area (Å²) >= 11 is 0. The van der Waals surface area contributed by atoms with Gasteiger partial charge < -0.3 is 18.0 Å². The molecule has 5 heteroatoms. The highest BCUT2D eigenvalue weighted by Crippen LogP contribution is 2.18. The molecular formula is C13H28O4Si. The minimum atomic E-state index is -2.48. The minimum absolute atomic E-state index is 0.626. The molecule has 0 bridgehead atoms. The van der Waals surface area contributed by atoms with Crippen LogP contribution in [0.25, 0.3) is 0 Å². The number of hydrogen-bond donors (Lipinski definition) is 0. The van der Waals surface area contributed by atoms with E-state index < -0.39 is 8.80 Å². The highest BCUT2D eigenvalue weighted by molar-refractivity contribution is 6.60. The molecule has 0 aliphatic carbocycles. The highest BCUT2D eigenvalue weighted by atomic mass is 28.4. The van der Waals surface area contributed by atoms with Gasteiger partial charge in [0, 0.05) is 25.9 Å². The standard InChI is InChI=1S/C13H28O4Si/c1-6-13(5)14-11-10-12-18(15-7-2,16-8-3)17-9-4/h6H,7-12H2,1-5H3/b13-6-. The maximum absolute atomic E-state index is 5.77. The van der Waals surface area contributed by atoms with Gasteiger partial charge in [-0.2, -0.15) is 0 Å². The lowest BCUT2D eigenvalue weighted by atomic mass is 10.5. The number of rotatable bonds is 11. The lowest BCUT2D eigenvalue weighted by Gasteiger charge is -2.28. The van der Waals surface area contributed by atoms with Crippen molar-refractivity contribution in [3.8, 4) is 0 Å². The van der Waals surface area contributed by atoms with E-state index in [0.717, 1.165) is 18.2 Å². The van der Waals surface area contributed by atoms with Crippen molar-refractivity contribution in [1.82, 2.24) is 0 Å². The van der Waals surface area contributed by atoms with Crippen molar-refractivity contribution >= 4 is 8.80 Å². The zero-order valence-corrected chi connectivity index (χ0v) is 13.5. The summed E-state index contributed by atoms with van der Waals surface area (Å²) in [4.78, 5) is 0. The van der Waals surface area contributed by atoms with Crippen LogP contribution >= 0.6 is 0 Å². The molecule has 0 aromatic heterocycles. The maximum Gasteiger partial charge on any atom is 0.501 e. The summed E-state index contributed by atoms with van der Waals surface area (Å²) in [7, 11) is -2.48. The lowest BCUT2D eigenvalue weighted by molar-refractivity contribution is 0.0685. The fraction of sp³-hybridized carbons (Fsp3) is 0.846. The van der Waals surface area contributed by atoms with Crippen LogP contribution < -0.4 is 0 Å². The number of allylic oxidation sites excluding steroid dienone is 2. The average Bonchev–Trinajstić information content (AvgIpc) is 2.35. The van der Waals surface area contributed by atoms with Crippen molar-refractivity contribution < 1.29 is 18.0 Å². The molecule has 0 amide bonds. The van der Waals surface area contributed by atoms with E-state index in [1.54, 1.807) is 0 Å². The summed E-state index contributed by atoms with van der Waals surface area (Å²) in [5, 5.41) is 0. The Morgan fingerprint density at radius 3 is 1.89 bits per heavy atom. The van der Waals surface area contributed by atoms with Crippen molar-refractivity contribution in [3.05, 3.63) is 11.8 Å². The normalized spacial score (nSPS) is 12.8. The molecule has 0 saturated carbocycles. The zero-order valence-electron chi connectivity index (χ0n) is 12.5. The van der Waals surface area contributed by atoms with Gasteiger partial charge in [-0.3, -0.25) is 0 Å². The molecule has 0 heterocycles. The second kappa shape index (κ2) is 10.5. The van der Waals surface area contributed by atoms with E-state index in [-0.39, 0.29) is 0 Å². The molecule has 0 aliphatic heterocycles. The topological polar surface area (TPSA) is 36.9 Å². The van der Waals surface area contributed by atoms with E-state index in [0.29, 0.717) is 26.4 Å². The molecule has 0 aromatic rings. The molecule has 0 aromatic carbocycles. The Kier molecular flexibility index (Phi) is 10.3. The van der Waals surface area contributed by atoms with Crippen LogP contribution in [-0.2, 0) is 18.0 Å². The summed E-state index contributed by atoms with van der Waals surface area (Å²) in [6.07, 6.45) is 2.84. The van der Waals surface area contributed by atoms with Crippen LogP contribution in [0.15, 0.2) is 11.8 Å². The number of hydrogen-bond acceptors (Lipinski definition) is 4. The third kappa shape index (κ3) is 7.16. The lowest BCUT2D eigenvalue weighted by Crippen LogP contribution is -2.46. The molecule has 0 unspecified atom stereocenters. The van der Waals surface area contributed by atoms with Crippen molar-refractivity contribution in [2.24, 2.45) is 0 Å². The summed E-state index contributed by atoms with van der Waals surface area (Å²) in [5.74, 6) is 0.950. The molecule has 0 saturated heterocycles. The minimum Gasteiger partial charge on any atom is -0.499 e. The quantitative estimate of drug-likeness (QED) is 0.329. The smallest absolute Gasteiger partial charge is 0.499 e. The van der Waals surface area contributed by atoms with Crippen molar-refractivity contribution in [3.63, 3.8) is 0 Å². The van der Waals surface area contributed by atoms with E-state index >= 15 is 0 Å². The van der Waals surface area contributed by atoms with Crippen LogP contribution in [0.2, 0.25) is 6.04 Å². The predicted octanol–water partition coefficient (Wildman–Crippen LogP) is 3.37. The molecule has 0 fully saturated rings. The van der Waals surface area contributed by atoms with Gasteiger partial charge in [-0.05, 0) is 41.0 Å². The summed E-state index contributed by atoms with van der Waals surface area (Å²) in [6.45, 7) is 12.4. The summed E-state index contributed by atoms with van der Waals surface area (Å²) < 4.78 is 22.8. The molecule has 0 radical (unpaired) electrons. The van der Waals surface area contributed by atoms with Gasteiger partial charge in [0.1, 0.15) is 0 Å². The molecule has 18 heavy (non-hydrogen) atoms. The van der Waals surface area contributed by atoms with Gasteiger partial charge in [0.15, 0.2) is 0 Å². The Balaban J connectivity index is 4.20. The summed E-state index contributed by atoms with van der Waals surface area (Å²) in [5.41, 5.74) is 0. The number of ether oxygens (including phenoxy) is 1. The van der Waals surface area contributed by atoms with Crippen LogP contribution in [0.4, 0.5) is 0 Å². The SMILES string of the molecule is C/C=C(/C)OCCC[Si](OCC)(OCC)OCC. The monoisotopic (exact) mass is 276 g/mol. The van der Waals surface area contributed by atoms with Crippen LogP contribution in [0.3, 0.4) is 0 Å². The molecule has 0 N–H and O–H groups in total. The zero-order chi connectivity index (χ0) is 13.9. The van der Waals surface area contributed by atoms with E-state index in [1.807, 2.05) is 40.7 Å². The Bertz CT molecular complexity index is 214. The van der Waals surface area contributed by atoms with Crippen LogP contribution in [-0.4, -0.2) is 35.2 Å².